The summed E-state index contributed by atoms with van der Waals surface area (Å²) in [6, 6.07) is 4.89. The van der Waals surface area contributed by atoms with Gasteiger partial charge in [-0.2, -0.15) is 0 Å². The van der Waals surface area contributed by atoms with Crippen LogP contribution in [-0.2, 0) is 20.8 Å². The molecule has 0 amide bonds. The van der Waals surface area contributed by atoms with E-state index in [0.29, 0.717) is 35.9 Å². The lowest BCUT2D eigenvalue weighted by Gasteiger charge is -2.33. The summed E-state index contributed by atoms with van der Waals surface area (Å²) < 4.78 is 27.9. The van der Waals surface area contributed by atoms with Crippen LogP contribution >= 0.6 is 11.6 Å². The van der Waals surface area contributed by atoms with Gasteiger partial charge in [0.1, 0.15) is 11.7 Å². The summed E-state index contributed by atoms with van der Waals surface area (Å²) in [5.41, 5.74) is 0.992. The molecule has 1 aliphatic rings. The van der Waals surface area contributed by atoms with Crippen LogP contribution in [0.4, 0.5) is 0 Å². The zero-order valence-electron chi connectivity index (χ0n) is 18.5. The molecule has 1 aromatic heterocycles. The quantitative estimate of drug-likeness (QED) is 0.627. The summed E-state index contributed by atoms with van der Waals surface area (Å²) in [4.78, 5) is 26.3. The fourth-order valence-corrected chi connectivity index (χ4v) is 4.23. The van der Waals surface area contributed by atoms with Crippen LogP contribution in [0, 0.1) is 18.3 Å². The van der Waals surface area contributed by atoms with Gasteiger partial charge in [0.05, 0.1) is 38.5 Å². The molecule has 2 heterocycles. The van der Waals surface area contributed by atoms with E-state index >= 15 is 0 Å². The average Bonchev–Trinajstić information content (AvgIpc) is 2.76. The summed E-state index contributed by atoms with van der Waals surface area (Å²) in [6.07, 6.45) is 0. The fraction of sp³-hybridized carbons (Fsp3) is 0.409. The first-order valence-electron chi connectivity index (χ1n) is 9.77. The van der Waals surface area contributed by atoms with Crippen LogP contribution in [0.2, 0.25) is 5.02 Å². The second kappa shape index (κ2) is 9.62. The van der Waals surface area contributed by atoms with Crippen molar-refractivity contribution in [3.63, 3.8) is 0 Å². The van der Waals surface area contributed by atoms with E-state index < -0.39 is 17.8 Å². The van der Waals surface area contributed by atoms with Gasteiger partial charge >= 0.3 is 5.97 Å². The molecular weight excluding hydrogens is 440 g/mol. The molecule has 32 heavy (non-hydrogen) atoms. The van der Waals surface area contributed by atoms with Crippen LogP contribution in [0.15, 0.2) is 23.0 Å². The molecule has 9 nitrogen and oxygen atoms in total. The molecule has 0 radical (unpaired) electrons. The van der Waals surface area contributed by atoms with E-state index in [-0.39, 0.29) is 27.8 Å². The number of esters is 1. The average molecular weight is 465 g/mol. The van der Waals surface area contributed by atoms with Crippen molar-refractivity contribution in [3.8, 4) is 17.2 Å². The third kappa shape index (κ3) is 4.05. The predicted molar refractivity (Wildman–Crippen MR) is 118 cm³/mol. The first kappa shape index (κ1) is 23.6. The van der Waals surface area contributed by atoms with Gasteiger partial charge in [0.15, 0.2) is 11.5 Å². The molecule has 0 bridgehead atoms. The summed E-state index contributed by atoms with van der Waals surface area (Å²) in [6.45, 7) is 2.40. The van der Waals surface area contributed by atoms with Crippen LogP contribution in [-0.4, -0.2) is 51.5 Å². The summed E-state index contributed by atoms with van der Waals surface area (Å²) in [7, 11) is 5.68. The summed E-state index contributed by atoms with van der Waals surface area (Å²) in [5, 5.41) is 8.62. The largest absolute Gasteiger partial charge is 0.493 e. The highest BCUT2D eigenvalue weighted by Gasteiger charge is 2.44. The number of carbonyl (C=O) groups is 1. The van der Waals surface area contributed by atoms with E-state index in [2.05, 4.69) is 0 Å². The SMILES string of the molecule is COCCn1c(C)cc2c(c1=O)C(c1cc(Cl)c(OC)c(OC)c1)C(C(=O)OC)C(=N)O2. The number of ether oxygens (including phenoxy) is 5. The van der Waals surface area contributed by atoms with Crippen LogP contribution < -0.4 is 19.8 Å². The third-order valence-corrected chi connectivity index (χ3v) is 5.72. The number of hydrogen-bond acceptors (Lipinski definition) is 8. The normalized spacial score (nSPS) is 17.4. The summed E-state index contributed by atoms with van der Waals surface area (Å²) in [5.74, 6) is -2.26. The Morgan fingerprint density at radius 3 is 2.50 bits per heavy atom. The van der Waals surface area contributed by atoms with Gasteiger partial charge in [-0.1, -0.05) is 11.6 Å². The van der Waals surface area contributed by atoms with Crippen LogP contribution in [0.25, 0.3) is 0 Å². The number of rotatable bonds is 7. The van der Waals surface area contributed by atoms with Gasteiger partial charge in [0, 0.05) is 31.3 Å². The topological polar surface area (TPSA) is 109 Å². The third-order valence-electron chi connectivity index (χ3n) is 5.44. The van der Waals surface area contributed by atoms with E-state index in [1.54, 1.807) is 36.8 Å². The number of carbonyl (C=O) groups excluding carboxylic acids is 1. The molecule has 2 atom stereocenters. The van der Waals surface area contributed by atoms with Gasteiger partial charge in [-0.05, 0) is 24.6 Å². The van der Waals surface area contributed by atoms with Crippen molar-refractivity contribution in [2.45, 2.75) is 19.4 Å². The molecule has 172 valence electrons. The monoisotopic (exact) mass is 464 g/mol. The van der Waals surface area contributed by atoms with E-state index in [1.165, 1.54) is 21.3 Å². The second-order valence-corrected chi connectivity index (χ2v) is 7.60. The molecule has 0 saturated carbocycles. The van der Waals surface area contributed by atoms with Crippen molar-refractivity contribution < 1.29 is 28.5 Å². The molecule has 1 N–H and O–H groups in total. The molecule has 1 aromatic carbocycles. The van der Waals surface area contributed by atoms with Crippen molar-refractivity contribution in [1.29, 1.82) is 5.41 Å². The van der Waals surface area contributed by atoms with Crippen molar-refractivity contribution in [1.82, 2.24) is 4.57 Å². The number of aromatic nitrogens is 1. The second-order valence-electron chi connectivity index (χ2n) is 7.20. The Bertz CT molecular complexity index is 1110. The first-order chi connectivity index (χ1) is 15.3. The minimum Gasteiger partial charge on any atom is -0.493 e. The fourth-order valence-electron chi connectivity index (χ4n) is 3.93. The Hall–Kier alpha value is -3.04. The summed E-state index contributed by atoms with van der Waals surface area (Å²) >= 11 is 6.42. The number of pyridine rings is 1. The Balaban J connectivity index is 2.33. The van der Waals surface area contributed by atoms with Gasteiger partial charge in [-0.3, -0.25) is 15.0 Å². The lowest BCUT2D eigenvalue weighted by molar-refractivity contribution is -0.143. The smallest absolute Gasteiger partial charge is 0.319 e. The number of methoxy groups -OCH3 is 4. The molecule has 0 spiro atoms. The number of aryl methyl sites for hydroxylation is 1. The first-order valence-corrected chi connectivity index (χ1v) is 10.2. The highest BCUT2D eigenvalue weighted by molar-refractivity contribution is 6.32. The molecule has 2 unspecified atom stereocenters. The Morgan fingerprint density at radius 1 is 1.19 bits per heavy atom. The molecule has 1 aliphatic heterocycles. The van der Waals surface area contributed by atoms with E-state index in [4.69, 9.17) is 40.7 Å². The van der Waals surface area contributed by atoms with Crippen LogP contribution in [0.3, 0.4) is 0 Å². The minimum atomic E-state index is -1.19. The van der Waals surface area contributed by atoms with E-state index in [1.807, 2.05) is 0 Å². The maximum absolute atomic E-state index is 13.6. The molecule has 3 rings (SSSR count). The molecule has 10 heteroatoms. The number of nitrogens with zero attached hydrogens (tertiary/aromatic N) is 1. The van der Waals surface area contributed by atoms with Crippen LogP contribution in [0.5, 0.6) is 17.2 Å². The number of fused-ring (bicyclic) bond motifs is 1. The molecular formula is C22H25ClN2O7. The van der Waals surface area contributed by atoms with Crippen molar-refractivity contribution in [2.24, 2.45) is 5.92 Å². The zero-order chi connectivity index (χ0) is 23.6. The van der Waals surface area contributed by atoms with E-state index in [0.717, 1.165) is 0 Å². The van der Waals surface area contributed by atoms with Gasteiger partial charge in [-0.25, -0.2) is 0 Å². The number of nitrogens with one attached hydrogen (secondary N) is 1. The lowest BCUT2D eigenvalue weighted by atomic mass is 9.78. The predicted octanol–water partition coefficient (Wildman–Crippen LogP) is 2.76. The van der Waals surface area contributed by atoms with Crippen molar-refractivity contribution in [2.75, 3.05) is 35.0 Å². The molecule has 0 fully saturated rings. The highest BCUT2D eigenvalue weighted by atomic mass is 35.5. The molecule has 2 aromatic rings. The van der Waals surface area contributed by atoms with Crippen molar-refractivity contribution >= 4 is 23.5 Å². The maximum atomic E-state index is 13.6. The highest BCUT2D eigenvalue weighted by Crippen LogP contribution is 2.45. The van der Waals surface area contributed by atoms with E-state index in [9.17, 15) is 9.59 Å². The lowest BCUT2D eigenvalue weighted by Crippen LogP contribution is -2.42. The van der Waals surface area contributed by atoms with Gasteiger partial charge < -0.3 is 28.3 Å². The maximum Gasteiger partial charge on any atom is 0.319 e. The molecule has 0 saturated heterocycles. The van der Waals surface area contributed by atoms with Gasteiger partial charge in [-0.15, -0.1) is 0 Å². The number of halogens is 1. The number of benzene rings is 1. The van der Waals surface area contributed by atoms with Gasteiger partial charge in [0.2, 0.25) is 5.90 Å². The Morgan fingerprint density at radius 2 is 1.91 bits per heavy atom. The number of hydrogen-bond donors (Lipinski definition) is 1. The van der Waals surface area contributed by atoms with Crippen molar-refractivity contribution in [3.05, 3.63) is 50.4 Å². The van der Waals surface area contributed by atoms with Gasteiger partial charge in [0.25, 0.3) is 5.56 Å². The standard InChI is InChI=1S/C22H25ClN2O7/c1-11-8-14-17(21(26)25(11)6-7-28-2)16(18(20(24)32-14)22(27)31-5)12-9-13(23)19(30-4)15(10-12)29-3/h8-10,16,18,24H,6-7H2,1-5H3. The zero-order valence-corrected chi connectivity index (χ0v) is 19.2. The Labute approximate surface area is 190 Å². The van der Waals surface area contributed by atoms with Crippen LogP contribution in [0.1, 0.15) is 22.7 Å². The molecule has 0 aliphatic carbocycles. The minimum absolute atomic E-state index is 0.210. The Kier molecular flexibility index (Phi) is 7.10.